The number of carbonyl (C=O) groups excluding carboxylic acids is 4. The van der Waals surface area contributed by atoms with E-state index in [9.17, 15) is 24.3 Å². The highest BCUT2D eigenvalue weighted by Crippen LogP contribution is 2.59. The molecule has 10 nitrogen and oxygen atoms in total. The number of amides is 3. The molecule has 2 bridgehead atoms. The number of rotatable bonds is 18. The average molecular weight is 624 g/mol. The zero-order chi connectivity index (χ0) is 32.6. The van der Waals surface area contributed by atoms with E-state index in [-0.39, 0.29) is 49.9 Å². The minimum Gasteiger partial charge on any atom is -0.455 e. The van der Waals surface area contributed by atoms with Gasteiger partial charge in [0.15, 0.2) is 0 Å². The highest BCUT2D eigenvalue weighted by Gasteiger charge is 2.75. The number of unbranched alkanes of at least 4 members (excludes halogenated alkanes) is 1. The van der Waals surface area contributed by atoms with E-state index in [1.807, 2.05) is 37.3 Å². The molecule has 3 aliphatic heterocycles. The summed E-state index contributed by atoms with van der Waals surface area (Å²) in [5.74, 6) is -2.98. The number of hydrogen-bond donors (Lipinski definition) is 2. The number of hydrogen-bond acceptors (Lipinski definition) is 7. The fourth-order valence-corrected chi connectivity index (χ4v) is 7.33. The van der Waals surface area contributed by atoms with E-state index in [1.165, 1.54) is 0 Å². The average Bonchev–Trinajstić information content (AvgIpc) is 3.68. The lowest BCUT2D eigenvalue weighted by Crippen LogP contribution is -2.57. The van der Waals surface area contributed by atoms with Crippen molar-refractivity contribution in [3.63, 3.8) is 0 Å². The maximum Gasteiger partial charge on any atom is 0.313 e. The highest BCUT2D eigenvalue weighted by atomic mass is 16.6. The van der Waals surface area contributed by atoms with Crippen molar-refractivity contribution in [2.24, 2.45) is 11.8 Å². The fraction of sp³-hybridized carbons (Fsp3) is 0.600. The summed E-state index contributed by atoms with van der Waals surface area (Å²) in [5.41, 5.74) is -0.427. The molecule has 1 aromatic rings. The minimum atomic E-state index is -1.14. The van der Waals surface area contributed by atoms with Crippen LogP contribution in [0.15, 0.2) is 55.6 Å². The molecular weight excluding hydrogens is 574 g/mol. The quantitative estimate of drug-likeness (QED) is 0.145. The van der Waals surface area contributed by atoms with Gasteiger partial charge in [-0.05, 0) is 51.0 Å². The van der Waals surface area contributed by atoms with Gasteiger partial charge >= 0.3 is 5.97 Å². The third-order valence-electron chi connectivity index (χ3n) is 9.45. The lowest BCUT2D eigenvalue weighted by Gasteiger charge is -2.39. The van der Waals surface area contributed by atoms with E-state index in [0.29, 0.717) is 38.6 Å². The van der Waals surface area contributed by atoms with Crippen molar-refractivity contribution in [3.05, 3.63) is 61.2 Å². The molecule has 0 aromatic heterocycles. The van der Waals surface area contributed by atoms with Crippen LogP contribution in [-0.2, 0) is 28.7 Å². The molecule has 3 aliphatic rings. The van der Waals surface area contributed by atoms with Crippen molar-refractivity contribution in [2.45, 2.75) is 95.1 Å². The fourth-order valence-electron chi connectivity index (χ4n) is 7.33. The van der Waals surface area contributed by atoms with Crippen LogP contribution in [0.5, 0.6) is 0 Å². The molecule has 0 radical (unpaired) electrons. The number of allylic oxidation sites excluding steroid dienone is 1. The van der Waals surface area contributed by atoms with E-state index in [1.54, 1.807) is 22.0 Å². The smallest absolute Gasteiger partial charge is 0.313 e. The zero-order valence-electron chi connectivity index (χ0n) is 26.7. The Labute approximate surface area is 266 Å². The van der Waals surface area contributed by atoms with Gasteiger partial charge in [-0.1, -0.05) is 55.8 Å². The standard InChI is InChI=1S/C35H49N3O7/c1-5-8-17-28(40)36-23-27(25-15-10-9-11-16-25)44-34(43)29-26-18-19-35(45-26)30(29)32(41)38(21-12-13-22-39)31(35)33(42)37(20-7-3)24(4)14-6-2/h5,7,9-11,15-16,24,26-27,29-31,39H,1,3,6,8,12-14,17-23H2,2,4H3,(H,36,40)/t24?,26-,27+,29+,30+,31-,35+/m0/s1. The first-order valence-corrected chi connectivity index (χ1v) is 16.4. The van der Waals surface area contributed by atoms with Crippen molar-refractivity contribution >= 4 is 23.7 Å². The third-order valence-corrected chi connectivity index (χ3v) is 9.45. The van der Waals surface area contributed by atoms with E-state index in [0.717, 1.165) is 18.4 Å². The molecule has 0 saturated carbocycles. The van der Waals surface area contributed by atoms with Crippen molar-refractivity contribution in [1.29, 1.82) is 0 Å². The molecule has 7 atom stereocenters. The van der Waals surface area contributed by atoms with Crippen LogP contribution in [0.25, 0.3) is 0 Å². The first-order valence-electron chi connectivity index (χ1n) is 16.4. The monoisotopic (exact) mass is 623 g/mol. The Morgan fingerprint density at radius 1 is 1.22 bits per heavy atom. The Morgan fingerprint density at radius 3 is 2.64 bits per heavy atom. The number of carbonyl (C=O) groups is 4. The number of nitrogens with zero attached hydrogens (tertiary/aromatic N) is 2. The van der Waals surface area contributed by atoms with Gasteiger partial charge in [0.2, 0.25) is 17.7 Å². The maximum absolute atomic E-state index is 14.4. The molecule has 45 heavy (non-hydrogen) atoms. The number of nitrogens with one attached hydrogen (secondary N) is 1. The molecule has 0 aliphatic carbocycles. The van der Waals surface area contributed by atoms with Crippen LogP contribution in [0.1, 0.15) is 76.9 Å². The topological polar surface area (TPSA) is 125 Å². The molecule has 2 N–H and O–H groups in total. The normalized spacial score (nSPS) is 26.2. The van der Waals surface area contributed by atoms with Gasteiger partial charge in [-0.25, -0.2) is 0 Å². The van der Waals surface area contributed by atoms with Crippen LogP contribution in [0.3, 0.4) is 0 Å². The van der Waals surface area contributed by atoms with Crippen molar-refractivity contribution in [3.8, 4) is 0 Å². The largest absolute Gasteiger partial charge is 0.455 e. The summed E-state index contributed by atoms with van der Waals surface area (Å²) in [4.78, 5) is 58.5. The molecule has 10 heteroatoms. The first kappa shape index (κ1) is 34.4. The number of likely N-dealkylation sites (tertiary alicyclic amines) is 1. The molecule has 246 valence electrons. The summed E-state index contributed by atoms with van der Waals surface area (Å²) in [6.45, 7) is 12.2. The lowest BCUT2D eigenvalue weighted by molar-refractivity contribution is -0.160. The summed E-state index contributed by atoms with van der Waals surface area (Å²) < 4.78 is 12.7. The molecule has 3 heterocycles. The first-order chi connectivity index (χ1) is 21.7. The van der Waals surface area contributed by atoms with Gasteiger partial charge in [-0.2, -0.15) is 0 Å². The molecule has 1 aromatic carbocycles. The van der Waals surface area contributed by atoms with E-state index >= 15 is 0 Å². The summed E-state index contributed by atoms with van der Waals surface area (Å²) in [6, 6.07) is 8.23. The number of fused-ring (bicyclic) bond motifs is 1. The molecule has 4 rings (SSSR count). The number of aliphatic hydroxyl groups is 1. The molecule has 1 unspecified atom stereocenters. The van der Waals surface area contributed by atoms with Crippen LogP contribution in [0.2, 0.25) is 0 Å². The Kier molecular flexibility index (Phi) is 12.0. The molecule has 3 fully saturated rings. The van der Waals surface area contributed by atoms with Gasteiger partial charge in [-0.15, -0.1) is 13.2 Å². The Hall–Kier alpha value is -3.50. The van der Waals surface area contributed by atoms with Gasteiger partial charge in [0.25, 0.3) is 0 Å². The second-order valence-electron chi connectivity index (χ2n) is 12.4. The van der Waals surface area contributed by atoms with Gasteiger partial charge in [-0.3, -0.25) is 19.2 Å². The molecule has 3 saturated heterocycles. The van der Waals surface area contributed by atoms with Crippen molar-refractivity contribution < 1.29 is 33.8 Å². The van der Waals surface area contributed by atoms with Crippen LogP contribution in [0, 0.1) is 11.8 Å². The van der Waals surface area contributed by atoms with E-state index in [4.69, 9.17) is 9.47 Å². The Morgan fingerprint density at radius 2 is 1.98 bits per heavy atom. The second-order valence-corrected chi connectivity index (χ2v) is 12.4. The van der Waals surface area contributed by atoms with Crippen LogP contribution in [-0.4, -0.2) is 88.6 Å². The minimum absolute atomic E-state index is 0.0239. The van der Waals surface area contributed by atoms with Gasteiger partial charge < -0.3 is 29.7 Å². The van der Waals surface area contributed by atoms with Gasteiger partial charge in [0, 0.05) is 32.2 Å². The highest BCUT2D eigenvalue weighted by molar-refractivity contribution is 5.98. The van der Waals surface area contributed by atoms with Crippen molar-refractivity contribution in [1.82, 2.24) is 15.1 Å². The Balaban J connectivity index is 1.63. The summed E-state index contributed by atoms with van der Waals surface area (Å²) in [6.07, 6.45) is 6.54. The SMILES string of the molecule is C=CCCC(=O)NC[C@@H](OC(=O)[C@@H]1[C@@H]2CC[C@]3(O2)[C@H](C(=O)N(CC=C)C(C)CCC)N(CCCCO)C(=O)[C@@H]13)c1ccccc1. The summed E-state index contributed by atoms with van der Waals surface area (Å²) in [7, 11) is 0. The zero-order valence-corrected chi connectivity index (χ0v) is 26.7. The summed E-state index contributed by atoms with van der Waals surface area (Å²) in [5, 5.41) is 12.3. The molecular formula is C35H49N3O7. The lowest BCUT2D eigenvalue weighted by atomic mass is 9.70. The number of esters is 1. The van der Waals surface area contributed by atoms with Crippen LogP contribution >= 0.6 is 0 Å². The number of benzene rings is 1. The molecule has 1 spiro atoms. The predicted octanol–water partition coefficient (Wildman–Crippen LogP) is 3.70. The number of ether oxygens (including phenoxy) is 2. The predicted molar refractivity (Wildman–Crippen MR) is 170 cm³/mol. The molecule has 3 amide bonds. The van der Waals surface area contributed by atoms with Gasteiger partial charge in [0.05, 0.1) is 24.5 Å². The number of aliphatic hydroxyl groups excluding tert-OH is 1. The summed E-state index contributed by atoms with van der Waals surface area (Å²) >= 11 is 0. The van der Waals surface area contributed by atoms with Crippen molar-refractivity contribution in [2.75, 3.05) is 26.2 Å². The van der Waals surface area contributed by atoms with Crippen LogP contribution < -0.4 is 5.32 Å². The second kappa shape index (κ2) is 15.7. The van der Waals surface area contributed by atoms with Crippen LogP contribution in [0.4, 0.5) is 0 Å². The van der Waals surface area contributed by atoms with E-state index < -0.39 is 41.7 Å². The van der Waals surface area contributed by atoms with E-state index in [2.05, 4.69) is 25.4 Å². The Bertz CT molecular complexity index is 1220. The maximum atomic E-state index is 14.4. The third kappa shape index (κ3) is 7.17. The van der Waals surface area contributed by atoms with Gasteiger partial charge in [0.1, 0.15) is 17.7 Å².